The number of carbonyl (C=O) groups excluding carboxylic acids is 1. The van der Waals surface area contributed by atoms with Gasteiger partial charge in [0.15, 0.2) is 0 Å². The van der Waals surface area contributed by atoms with Crippen molar-refractivity contribution in [2.75, 3.05) is 26.7 Å². The summed E-state index contributed by atoms with van der Waals surface area (Å²) in [6.45, 7) is 9.04. The molecule has 1 aromatic heterocycles. The Balaban J connectivity index is 1.91. The van der Waals surface area contributed by atoms with E-state index in [-0.39, 0.29) is 48.2 Å². The molecule has 0 saturated carbocycles. The number of aliphatic hydroxyl groups excluding tert-OH is 1. The van der Waals surface area contributed by atoms with Crippen molar-refractivity contribution in [2.45, 2.75) is 46.4 Å². The second-order valence-electron chi connectivity index (χ2n) is 9.41. The molecule has 0 fully saturated rings. The lowest BCUT2D eigenvalue weighted by Gasteiger charge is -2.37. The van der Waals surface area contributed by atoms with Crippen molar-refractivity contribution in [3.05, 3.63) is 59.0 Å². The van der Waals surface area contributed by atoms with Gasteiger partial charge in [0, 0.05) is 48.8 Å². The van der Waals surface area contributed by atoms with Crippen LogP contribution in [0.5, 0.6) is 5.88 Å². The fraction of sp³-hybridized carbons (Fsp3) is 0.481. The quantitative estimate of drug-likeness (QED) is 0.658. The maximum atomic E-state index is 14.1. The minimum atomic E-state index is -0.358. The fourth-order valence-corrected chi connectivity index (χ4v) is 3.91. The summed E-state index contributed by atoms with van der Waals surface area (Å²) < 4.78 is 20.4. The lowest BCUT2D eigenvalue weighted by molar-refractivity contribution is 0.0324. The third-order valence-electron chi connectivity index (χ3n) is 5.92. The van der Waals surface area contributed by atoms with Crippen LogP contribution >= 0.6 is 0 Å². The number of benzene rings is 1. The molecular formula is C27H34FN3O3. The van der Waals surface area contributed by atoms with Gasteiger partial charge in [-0.1, -0.05) is 50.8 Å². The number of carbonyl (C=O) groups is 1. The van der Waals surface area contributed by atoms with Crippen LogP contribution in [0.25, 0.3) is 0 Å². The standard InChI is InChI=1S/C27H34FN3O3/c1-18(2)10-11-21-12-23-26(29-13-21)34-25(19(3)14-31(27(23)33)20(4)17-32)16-30(5)15-22-8-6-7-9-24(22)28/h6-9,12-13,18-20,25,32H,14-17H2,1-5H3/t19-,20-,25+/m0/s1. The highest BCUT2D eigenvalue weighted by molar-refractivity contribution is 5.97. The fourth-order valence-electron chi connectivity index (χ4n) is 3.91. The molecule has 0 radical (unpaired) electrons. The number of likely N-dealkylation sites (N-methyl/N-ethyl adjacent to an activating group) is 1. The normalized spacial score (nSPS) is 19.1. The highest BCUT2D eigenvalue weighted by Crippen LogP contribution is 2.27. The number of hydrogen-bond donors (Lipinski definition) is 1. The number of pyridine rings is 1. The van der Waals surface area contributed by atoms with E-state index in [0.29, 0.717) is 36.3 Å². The molecule has 0 spiro atoms. The van der Waals surface area contributed by atoms with E-state index < -0.39 is 0 Å². The van der Waals surface area contributed by atoms with Gasteiger partial charge in [-0.05, 0) is 26.1 Å². The molecule has 7 heteroatoms. The number of nitrogens with zero attached hydrogens (tertiary/aromatic N) is 3. The van der Waals surface area contributed by atoms with Crippen LogP contribution in [-0.2, 0) is 6.54 Å². The first-order valence-corrected chi connectivity index (χ1v) is 11.7. The van der Waals surface area contributed by atoms with Crippen LogP contribution in [0.15, 0.2) is 36.5 Å². The summed E-state index contributed by atoms with van der Waals surface area (Å²) in [7, 11) is 1.92. The van der Waals surface area contributed by atoms with E-state index in [4.69, 9.17) is 4.74 Å². The highest BCUT2D eigenvalue weighted by Gasteiger charge is 2.34. The molecule has 2 heterocycles. The molecule has 3 atom stereocenters. The molecular weight excluding hydrogens is 433 g/mol. The summed E-state index contributed by atoms with van der Waals surface area (Å²) in [6.07, 6.45) is 1.32. The van der Waals surface area contributed by atoms with Crippen molar-refractivity contribution >= 4 is 5.91 Å². The van der Waals surface area contributed by atoms with Crippen molar-refractivity contribution in [3.63, 3.8) is 0 Å². The number of aromatic nitrogens is 1. The average molecular weight is 468 g/mol. The second kappa shape index (κ2) is 11.5. The first kappa shape index (κ1) is 25.7. The monoisotopic (exact) mass is 467 g/mol. The van der Waals surface area contributed by atoms with Gasteiger partial charge in [-0.25, -0.2) is 9.37 Å². The molecule has 1 aliphatic rings. The Hall–Kier alpha value is -2.95. The van der Waals surface area contributed by atoms with Gasteiger partial charge < -0.3 is 14.7 Å². The van der Waals surface area contributed by atoms with E-state index in [1.807, 2.05) is 45.7 Å². The summed E-state index contributed by atoms with van der Waals surface area (Å²) in [5.74, 6) is 6.08. The van der Waals surface area contributed by atoms with Gasteiger partial charge in [0.25, 0.3) is 5.91 Å². The van der Waals surface area contributed by atoms with Gasteiger partial charge in [0.1, 0.15) is 17.5 Å². The molecule has 3 rings (SSSR count). The molecule has 1 aromatic carbocycles. The van der Waals surface area contributed by atoms with Gasteiger partial charge in [-0.2, -0.15) is 0 Å². The predicted octanol–water partition coefficient (Wildman–Crippen LogP) is 3.58. The number of amides is 1. The number of hydrogen-bond acceptors (Lipinski definition) is 5. The molecule has 1 amide bonds. The summed E-state index contributed by atoms with van der Waals surface area (Å²) in [5, 5.41) is 9.80. The van der Waals surface area contributed by atoms with E-state index in [9.17, 15) is 14.3 Å². The van der Waals surface area contributed by atoms with Crippen molar-refractivity contribution in [1.29, 1.82) is 0 Å². The lowest BCUT2D eigenvalue weighted by atomic mass is 9.99. The first-order valence-electron chi connectivity index (χ1n) is 11.7. The van der Waals surface area contributed by atoms with Gasteiger partial charge >= 0.3 is 0 Å². The van der Waals surface area contributed by atoms with Gasteiger partial charge in [-0.3, -0.25) is 9.69 Å². The van der Waals surface area contributed by atoms with E-state index in [2.05, 4.69) is 16.8 Å². The lowest BCUT2D eigenvalue weighted by Crippen LogP contribution is -2.49. The first-order chi connectivity index (χ1) is 16.2. The van der Waals surface area contributed by atoms with Crippen LogP contribution < -0.4 is 4.74 Å². The van der Waals surface area contributed by atoms with Gasteiger partial charge in [0.05, 0.1) is 12.6 Å². The zero-order valence-electron chi connectivity index (χ0n) is 20.6. The minimum Gasteiger partial charge on any atom is -0.472 e. The highest BCUT2D eigenvalue weighted by atomic mass is 19.1. The third kappa shape index (κ3) is 6.34. The SMILES string of the molecule is CC(C)C#Cc1cnc2c(c1)C(=O)N([C@@H](C)CO)C[C@H](C)[C@@H](CN(C)Cc1ccccc1F)O2. The molecule has 2 aromatic rings. The Morgan fingerprint density at radius 2 is 2.06 bits per heavy atom. The van der Waals surface area contributed by atoms with E-state index in [0.717, 1.165) is 0 Å². The van der Waals surface area contributed by atoms with Crippen LogP contribution in [0.1, 0.15) is 49.2 Å². The largest absolute Gasteiger partial charge is 0.472 e. The number of halogens is 1. The van der Waals surface area contributed by atoms with E-state index >= 15 is 0 Å². The molecule has 0 saturated heterocycles. The van der Waals surface area contributed by atoms with E-state index in [1.54, 1.807) is 29.3 Å². The Morgan fingerprint density at radius 1 is 1.32 bits per heavy atom. The minimum absolute atomic E-state index is 0.0450. The Morgan fingerprint density at radius 3 is 2.74 bits per heavy atom. The molecule has 1 aliphatic heterocycles. The molecule has 6 nitrogen and oxygen atoms in total. The van der Waals surface area contributed by atoms with Crippen LogP contribution in [0.4, 0.5) is 4.39 Å². The average Bonchev–Trinajstić information content (AvgIpc) is 2.81. The van der Waals surface area contributed by atoms with Crippen LogP contribution in [0.3, 0.4) is 0 Å². The topological polar surface area (TPSA) is 65.9 Å². The molecule has 0 bridgehead atoms. The van der Waals surface area contributed by atoms with Crippen molar-refractivity contribution in [1.82, 2.24) is 14.8 Å². The van der Waals surface area contributed by atoms with E-state index in [1.165, 1.54) is 6.07 Å². The van der Waals surface area contributed by atoms with Crippen molar-refractivity contribution in [2.24, 2.45) is 11.8 Å². The molecule has 182 valence electrons. The van der Waals surface area contributed by atoms with Crippen molar-refractivity contribution < 1.29 is 19.0 Å². The Kier molecular flexibility index (Phi) is 8.65. The smallest absolute Gasteiger partial charge is 0.259 e. The third-order valence-corrected chi connectivity index (χ3v) is 5.92. The summed E-state index contributed by atoms with van der Waals surface area (Å²) in [5.41, 5.74) is 1.59. The number of aliphatic hydroxyl groups is 1. The zero-order valence-corrected chi connectivity index (χ0v) is 20.6. The maximum absolute atomic E-state index is 14.1. The van der Waals surface area contributed by atoms with Crippen molar-refractivity contribution in [3.8, 4) is 17.7 Å². The molecule has 1 N–H and O–H groups in total. The van der Waals surface area contributed by atoms with Crippen LogP contribution in [0.2, 0.25) is 0 Å². The Bertz CT molecular complexity index is 1060. The predicted molar refractivity (Wildman–Crippen MR) is 130 cm³/mol. The molecule has 0 aliphatic carbocycles. The van der Waals surface area contributed by atoms with Gasteiger partial charge in [0.2, 0.25) is 5.88 Å². The molecule has 34 heavy (non-hydrogen) atoms. The number of fused-ring (bicyclic) bond motifs is 1. The van der Waals surface area contributed by atoms with Gasteiger partial charge in [-0.15, -0.1) is 0 Å². The maximum Gasteiger partial charge on any atom is 0.259 e. The molecule has 0 unspecified atom stereocenters. The number of ether oxygens (including phenoxy) is 1. The van der Waals surface area contributed by atoms with Crippen LogP contribution in [-0.4, -0.2) is 64.7 Å². The zero-order chi connectivity index (χ0) is 24.8. The summed E-state index contributed by atoms with van der Waals surface area (Å²) >= 11 is 0. The number of rotatable bonds is 6. The Labute approximate surface area is 201 Å². The second-order valence-corrected chi connectivity index (χ2v) is 9.41. The van der Waals surface area contributed by atoms with Crippen LogP contribution in [0, 0.1) is 29.5 Å². The summed E-state index contributed by atoms with van der Waals surface area (Å²) in [6, 6.07) is 8.08. The summed E-state index contributed by atoms with van der Waals surface area (Å²) in [4.78, 5) is 21.6.